The van der Waals surface area contributed by atoms with Crippen molar-refractivity contribution in [1.29, 1.82) is 0 Å². The van der Waals surface area contributed by atoms with Gasteiger partial charge in [0, 0.05) is 42.0 Å². The van der Waals surface area contributed by atoms with Gasteiger partial charge in [0.05, 0.1) is 18.4 Å². The quantitative estimate of drug-likeness (QED) is 0.369. The Bertz CT molecular complexity index is 1050. The van der Waals surface area contributed by atoms with Crippen LogP contribution in [0.2, 0.25) is 0 Å². The highest BCUT2D eigenvalue weighted by Crippen LogP contribution is 2.36. The second kappa shape index (κ2) is 10.2. The standard InChI is InChI=1S/C17H20N2O2.C6H8O7/c1-19-11-6-7-12(19)9-13(8-11)21-17(20)15-10-18-16-5-3-2-4-14(15)16;7-3(8)1-6(13,5(11)12)2-4(9)10/h2-5,10-13,18H,6-9H2,1H3;13H,1-2H2,(H,7,8)(H,9,10)(H,11,12). The summed E-state index contributed by atoms with van der Waals surface area (Å²) < 4.78 is 5.79. The lowest BCUT2D eigenvalue weighted by molar-refractivity contribution is -0.170. The van der Waals surface area contributed by atoms with E-state index in [-0.39, 0.29) is 12.1 Å². The van der Waals surface area contributed by atoms with Gasteiger partial charge >= 0.3 is 23.9 Å². The van der Waals surface area contributed by atoms with Crippen molar-refractivity contribution < 1.29 is 44.3 Å². The van der Waals surface area contributed by atoms with E-state index in [1.54, 1.807) is 6.20 Å². The number of nitrogens with one attached hydrogen (secondary N) is 1. The van der Waals surface area contributed by atoms with Crippen LogP contribution in [-0.4, -0.2) is 85.0 Å². The van der Waals surface area contributed by atoms with E-state index < -0.39 is 36.4 Å². The van der Waals surface area contributed by atoms with Gasteiger partial charge in [-0.2, -0.15) is 0 Å². The fourth-order valence-corrected chi connectivity index (χ4v) is 4.63. The number of para-hydroxylation sites is 1. The van der Waals surface area contributed by atoms with Crippen LogP contribution in [-0.2, 0) is 19.1 Å². The third kappa shape index (κ3) is 5.72. The van der Waals surface area contributed by atoms with Crippen LogP contribution in [0.15, 0.2) is 30.5 Å². The highest BCUT2D eigenvalue weighted by molar-refractivity contribution is 6.04. The SMILES string of the molecule is CN1C2CCC1CC(OC(=O)c1c[nH]c3ccccc13)C2.O=C(O)CC(O)(CC(=O)O)C(=O)O. The topological polar surface area (TPSA) is 177 Å². The molecule has 5 N–H and O–H groups in total. The van der Waals surface area contributed by atoms with E-state index in [1.165, 1.54) is 12.8 Å². The molecule has 2 fully saturated rings. The summed E-state index contributed by atoms with van der Waals surface area (Å²) in [6.45, 7) is 0. The zero-order valence-electron chi connectivity index (χ0n) is 18.6. The van der Waals surface area contributed by atoms with Crippen molar-refractivity contribution in [2.45, 2.75) is 62.3 Å². The van der Waals surface area contributed by atoms with Gasteiger partial charge in [-0.3, -0.25) is 9.59 Å². The molecule has 1 aromatic heterocycles. The Balaban J connectivity index is 0.000000218. The molecule has 2 bridgehead atoms. The van der Waals surface area contributed by atoms with E-state index in [0.717, 1.165) is 23.7 Å². The van der Waals surface area contributed by atoms with Gasteiger partial charge in [-0.15, -0.1) is 0 Å². The minimum absolute atomic E-state index is 0.0693. The Hall–Kier alpha value is -3.44. The van der Waals surface area contributed by atoms with Crippen molar-refractivity contribution in [3.8, 4) is 0 Å². The number of nitrogens with zero attached hydrogens (tertiary/aromatic N) is 1. The van der Waals surface area contributed by atoms with E-state index in [0.29, 0.717) is 17.6 Å². The maximum Gasteiger partial charge on any atom is 0.340 e. The normalized spacial score (nSPS) is 22.0. The summed E-state index contributed by atoms with van der Waals surface area (Å²) in [6.07, 6.45) is 3.96. The van der Waals surface area contributed by atoms with Crippen molar-refractivity contribution >= 4 is 34.8 Å². The number of aromatic amines is 1. The van der Waals surface area contributed by atoms with Crippen molar-refractivity contribution in [3.05, 3.63) is 36.0 Å². The Kier molecular flexibility index (Phi) is 7.57. The number of fused-ring (bicyclic) bond motifs is 3. The second-order valence-corrected chi connectivity index (χ2v) is 8.77. The molecule has 0 amide bonds. The van der Waals surface area contributed by atoms with Crippen LogP contribution in [0, 0.1) is 0 Å². The number of aliphatic hydroxyl groups is 1. The number of piperidine rings is 1. The van der Waals surface area contributed by atoms with Gasteiger partial charge in [0.1, 0.15) is 6.10 Å². The van der Waals surface area contributed by atoms with E-state index in [4.69, 9.17) is 25.2 Å². The zero-order chi connectivity index (χ0) is 25.0. The average molecular weight is 476 g/mol. The van der Waals surface area contributed by atoms with E-state index >= 15 is 0 Å². The monoisotopic (exact) mass is 476 g/mol. The summed E-state index contributed by atoms with van der Waals surface area (Å²) in [7, 11) is 2.19. The third-order valence-corrected chi connectivity index (χ3v) is 6.42. The van der Waals surface area contributed by atoms with Crippen LogP contribution in [0.3, 0.4) is 0 Å². The first-order valence-electron chi connectivity index (χ1n) is 10.9. The molecule has 4 rings (SSSR count). The van der Waals surface area contributed by atoms with E-state index in [1.807, 2.05) is 24.3 Å². The Labute approximate surface area is 194 Å². The lowest BCUT2D eigenvalue weighted by Crippen LogP contribution is -2.43. The fraction of sp³-hybridized carbons (Fsp3) is 0.478. The number of carbonyl (C=O) groups excluding carboxylic acids is 1. The summed E-state index contributed by atoms with van der Waals surface area (Å²) in [4.78, 5) is 48.5. The van der Waals surface area contributed by atoms with Gasteiger partial charge in [0.2, 0.25) is 0 Å². The molecule has 2 aliphatic heterocycles. The Morgan fingerprint density at radius 3 is 2.12 bits per heavy atom. The number of carboxylic acid groups (broad SMARTS) is 3. The maximum absolute atomic E-state index is 12.4. The van der Waals surface area contributed by atoms with Gasteiger partial charge in [-0.25, -0.2) is 9.59 Å². The number of aliphatic carboxylic acids is 3. The minimum Gasteiger partial charge on any atom is -0.481 e. The number of ether oxygens (including phenoxy) is 1. The van der Waals surface area contributed by atoms with Crippen molar-refractivity contribution in [1.82, 2.24) is 9.88 Å². The lowest BCUT2D eigenvalue weighted by Gasteiger charge is -2.35. The van der Waals surface area contributed by atoms with Gasteiger partial charge < -0.3 is 35.0 Å². The highest BCUT2D eigenvalue weighted by atomic mass is 16.5. The molecule has 3 heterocycles. The molecule has 2 atom stereocenters. The number of aromatic nitrogens is 1. The van der Waals surface area contributed by atoms with Crippen LogP contribution in [0.25, 0.3) is 10.9 Å². The second-order valence-electron chi connectivity index (χ2n) is 8.77. The summed E-state index contributed by atoms with van der Waals surface area (Å²) in [5.41, 5.74) is -1.11. The average Bonchev–Trinajstić information content (AvgIpc) is 3.24. The largest absolute Gasteiger partial charge is 0.481 e. The van der Waals surface area contributed by atoms with Gasteiger partial charge in [-0.05, 0) is 26.0 Å². The molecule has 1 aromatic carbocycles. The molecular formula is C23H28N2O9. The lowest BCUT2D eigenvalue weighted by atomic mass is 9.96. The first-order chi connectivity index (χ1) is 16.0. The highest BCUT2D eigenvalue weighted by Gasteiger charge is 2.41. The van der Waals surface area contributed by atoms with Crippen LogP contribution in [0.1, 0.15) is 48.9 Å². The van der Waals surface area contributed by atoms with Crippen LogP contribution in [0.5, 0.6) is 0 Å². The molecule has 2 aliphatic rings. The van der Waals surface area contributed by atoms with Crippen LogP contribution >= 0.6 is 0 Å². The first kappa shape index (κ1) is 25.2. The number of benzene rings is 1. The number of hydrogen-bond acceptors (Lipinski definition) is 7. The maximum atomic E-state index is 12.4. The molecule has 184 valence electrons. The number of H-pyrrole nitrogens is 1. The molecule has 11 nitrogen and oxygen atoms in total. The van der Waals surface area contributed by atoms with Gasteiger partial charge in [-0.1, -0.05) is 18.2 Å². The molecule has 11 heteroatoms. The fourth-order valence-electron chi connectivity index (χ4n) is 4.63. The summed E-state index contributed by atoms with van der Waals surface area (Å²) >= 11 is 0. The third-order valence-electron chi connectivity index (χ3n) is 6.42. The van der Waals surface area contributed by atoms with Crippen LogP contribution < -0.4 is 0 Å². The number of rotatable bonds is 7. The van der Waals surface area contributed by atoms with Crippen molar-refractivity contribution in [3.63, 3.8) is 0 Å². The molecular weight excluding hydrogens is 448 g/mol. The summed E-state index contributed by atoms with van der Waals surface area (Å²) in [5, 5.41) is 34.8. The molecule has 0 aliphatic carbocycles. The zero-order valence-corrected chi connectivity index (χ0v) is 18.6. The smallest absolute Gasteiger partial charge is 0.340 e. The summed E-state index contributed by atoms with van der Waals surface area (Å²) in [5.74, 6) is -5.21. The van der Waals surface area contributed by atoms with Crippen LogP contribution in [0.4, 0.5) is 0 Å². The van der Waals surface area contributed by atoms with E-state index in [9.17, 15) is 19.2 Å². The number of carboxylic acids is 3. The molecule has 2 aromatic rings. The molecule has 34 heavy (non-hydrogen) atoms. The minimum atomic E-state index is -2.74. The van der Waals surface area contributed by atoms with Gasteiger partial charge in [0.25, 0.3) is 0 Å². The van der Waals surface area contributed by atoms with Crippen molar-refractivity contribution in [2.24, 2.45) is 0 Å². The summed E-state index contributed by atoms with van der Waals surface area (Å²) in [6, 6.07) is 9.02. The number of esters is 1. The molecule has 0 saturated carbocycles. The molecule has 0 radical (unpaired) electrons. The van der Waals surface area contributed by atoms with Crippen molar-refractivity contribution in [2.75, 3.05) is 7.05 Å². The molecule has 2 unspecified atom stereocenters. The predicted molar refractivity (Wildman–Crippen MR) is 118 cm³/mol. The van der Waals surface area contributed by atoms with E-state index in [2.05, 4.69) is 16.9 Å². The number of carbonyl (C=O) groups is 4. The molecule has 0 spiro atoms. The Morgan fingerprint density at radius 2 is 1.59 bits per heavy atom. The first-order valence-corrected chi connectivity index (χ1v) is 10.9. The number of hydrogen-bond donors (Lipinski definition) is 5. The molecule has 2 saturated heterocycles. The predicted octanol–water partition coefficient (Wildman–Crippen LogP) is 1.70. The van der Waals surface area contributed by atoms with Gasteiger partial charge in [0.15, 0.2) is 5.60 Å². The Morgan fingerprint density at radius 1 is 1.03 bits per heavy atom.